The van der Waals surface area contributed by atoms with E-state index in [1.165, 1.54) is 0 Å². The number of nitrogens with zero attached hydrogens (tertiary/aromatic N) is 3. The van der Waals surface area contributed by atoms with Crippen molar-refractivity contribution in [3.05, 3.63) is 145 Å². The summed E-state index contributed by atoms with van der Waals surface area (Å²) in [5.41, 5.74) is 8.30. The predicted molar refractivity (Wildman–Crippen MR) is 195 cm³/mol. The second-order valence-corrected chi connectivity index (χ2v) is 12.3. The molecular formula is C43H27N3O2. The largest absolute Gasteiger partial charge is 0.456 e. The Kier molecular flexibility index (Phi) is 5.93. The second kappa shape index (κ2) is 10.6. The fourth-order valence-corrected chi connectivity index (χ4v) is 7.01. The van der Waals surface area contributed by atoms with Crippen molar-refractivity contribution in [3.63, 3.8) is 0 Å². The summed E-state index contributed by atoms with van der Waals surface area (Å²) in [6.45, 7) is 0. The van der Waals surface area contributed by atoms with E-state index in [9.17, 15) is 0 Å². The molecule has 0 radical (unpaired) electrons. The first-order valence-corrected chi connectivity index (χ1v) is 16.3. The van der Waals surface area contributed by atoms with E-state index in [2.05, 4.69) is 91.0 Å². The number of allylic oxidation sites excluding steroid dienone is 4. The molecule has 0 unspecified atom stereocenters. The van der Waals surface area contributed by atoms with Gasteiger partial charge in [0, 0.05) is 43.8 Å². The smallest absolute Gasteiger partial charge is 0.164 e. The quantitative estimate of drug-likeness (QED) is 0.197. The summed E-state index contributed by atoms with van der Waals surface area (Å²) in [5.74, 6) is 1.87. The lowest BCUT2D eigenvalue weighted by atomic mass is 9.95. The Bertz CT molecular complexity index is 2780. The zero-order valence-electron chi connectivity index (χ0n) is 25.9. The van der Waals surface area contributed by atoms with Crippen molar-refractivity contribution in [2.24, 2.45) is 0 Å². The van der Waals surface area contributed by atoms with Crippen molar-refractivity contribution in [3.8, 4) is 34.2 Å². The number of furan rings is 2. The van der Waals surface area contributed by atoms with Crippen LogP contribution in [0.2, 0.25) is 0 Å². The summed E-state index contributed by atoms with van der Waals surface area (Å²) in [4.78, 5) is 15.3. The molecule has 0 N–H and O–H groups in total. The zero-order chi connectivity index (χ0) is 31.6. The van der Waals surface area contributed by atoms with Crippen molar-refractivity contribution in [1.82, 2.24) is 15.0 Å². The average molecular weight is 618 g/mol. The molecule has 0 bridgehead atoms. The summed E-state index contributed by atoms with van der Waals surface area (Å²) < 4.78 is 13.0. The van der Waals surface area contributed by atoms with Crippen LogP contribution in [0.4, 0.5) is 0 Å². The number of hydrogen-bond donors (Lipinski definition) is 0. The van der Waals surface area contributed by atoms with E-state index < -0.39 is 0 Å². The van der Waals surface area contributed by atoms with Gasteiger partial charge in [-0.1, -0.05) is 109 Å². The van der Waals surface area contributed by atoms with Gasteiger partial charge in [-0.2, -0.15) is 0 Å². The van der Waals surface area contributed by atoms with Crippen LogP contribution in [0.3, 0.4) is 0 Å². The number of aromatic nitrogens is 3. The Balaban J connectivity index is 1.26. The molecule has 9 aromatic rings. The first-order valence-electron chi connectivity index (χ1n) is 16.3. The van der Waals surface area contributed by atoms with Gasteiger partial charge in [0.25, 0.3) is 0 Å². The molecule has 5 heteroatoms. The predicted octanol–water partition coefficient (Wildman–Crippen LogP) is 11.6. The molecule has 3 aromatic heterocycles. The summed E-state index contributed by atoms with van der Waals surface area (Å²) in [7, 11) is 0. The van der Waals surface area contributed by atoms with Gasteiger partial charge in [0.05, 0.1) is 0 Å². The lowest BCUT2D eigenvalue weighted by Gasteiger charge is -2.12. The molecule has 0 aliphatic heterocycles. The Morgan fingerprint density at radius 1 is 0.458 bits per heavy atom. The van der Waals surface area contributed by atoms with Crippen LogP contribution in [0.15, 0.2) is 148 Å². The van der Waals surface area contributed by atoms with Gasteiger partial charge in [0.1, 0.15) is 22.3 Å². The molecule has 1 aliphatic carbocycles. The van der Waals surface area contributed by atoms with E-state index in [1.54, 1.807) is 0 Å². The molecular weight excluding hydrogens is 590 g/mol. The van der Waals surface area contributed by atoms with Gasteiger partial charge in [0.2, 0.25) is 0 Å². The lowest BCUT2D eigenvalue weighted by molar-refractivity contribution is 0.663. The van der Waals surface area contributed by atoms with Crippen LogP contribution in [-0.4, -0.2) is 15.0 Å². The minimum absolute atomic E-state index is 0.606. The molecule has 5 nitrogen and oxygen atoms in total. The van der Waals surface area contributed by atoms with Gasteiger partial charge in [-0.05, 0) is 59.5 Å². The second-order valence-electron chi connectivity index (χ2n) is 12.3. The monoisotopic (exact) mass is 617 g/mol. The van der Waals surface area contributed by atoms with Crippen LogP contribution < -0.4 is 0 Å². The maximum Gasteiger partial charge on any atom is 0.164 e. The van der Waals surface area contributed by atoms with Crippen molar-refractivity contribution in [2.75, 3.05) is 0 Å². The highest BCUT2D eigenvalue weighted by molar-refractivity contribution is 6.16. The van der Waals surface area contributed by atoms with Crippen LogP contribution in [0, 0.1) is 0 Å². The van der Waals surface area contributed by atoms with Gasteiger partial charge in [-0.3, -0.25) is 0 Å². The molecule has 0 spiro atoms. The topological polar surface area (TPSA) is 65.0 Å². The maximum atomic E-state index is 6.72. The highest BCUT2D eigenvalue weighted by Crippen LogP contribution is 2.42. The molecule has 226 valence electrons. The minimum Gasteiger partial charge on any atom is -0.456 e. The van der Waals surface area contributed by atoms with Crippen LogP contribution in [0.5, 0.6) is 0 Å². The number of benzene rings is 6. The summed E-state index contributed by atoms with van der Waals surface area (Å²) in [5, 5.41) is 6.34. The van der Waals surface area contributed by atoms with Crippen LogP contribution in [0.1, 0.15) is 18.4 Å². The fraction of sp³-hybridized carbons (Fsp3) is 0.0465. The molecule has 0 amide bonds. The fourth-order valence-electron chi connectivity index (χ4n) is 7.01. The van der Waals surface area contributed by atoms with Crippen LogP contribution in [-0.2, 0) is 0 Å². The Morgan fingerprint density at radius 3 is 2.02 bits per heavy atom. The zero-order valence-corrected chi connectivity index (χ0v) is 25.9. The molecule has 48 heavy (non-hydrogen) atoms. The van der Waals surface area contributed by atoms with E-state index in [-0.39, 0.29) is 0 Å². The summed E-state index contributed by atoms with van der Waals surface area (Å²) in [6, 6.07) is 41.4. The standard InChI is InChI=1S/C43H27N3O2/c1-3-12-27(13-4-1)33-22-29(23-36-35-25-38-34(24-39(35)48-40(33)36)31-19-9-10-21-37(31)47-38)42-44-41(28-15-5-2-6-16-28)45-43(46-42)32-20-11-17-26-14-7-8-18-30(26)32/h2-3,5-25H,1,4H2. The van der Waals surface area contributed by atoms with Crippen LogP contribution >= 0.6 is 0 Å². The van der Waals surface area contributed by atoms with E-state index in [0.29, 0.717) is 17.5 Å². The van der Waals surface area contributed by atoms with E-state index in [0.717, 1.165) is 95.3 Å². The van der Waals surface area contributed by atoms with E-state index >= 15 is 0 Å². The number of rotatable bonds is 4. The number of hydrogen-bond acceptors (Lipinski definition) is 5. The van der Waals surface area contributed by atoms with Gasteiger partial charge in [-0.25, -0.2) is 15.0 Å². The molecule has 10 rings (SSSR count). The lowest BCUT2D eigenvalue weighted by Crippen LogP contribution is -2.01. The van der Waals surface area contributed by atoms with Gasteiger partial charge >= 0.3 is 0 Å². The molecule has 6 aromatic carbocycles. The van der Waals surface area contributed by atoms with Crippen molar-refractivity contribution >= 4 is 60.2 Å². The highest BCUT2D eigenvalue weighted by atomic mass is 16.3. The molecule has 3 heterocycles. The van der Waals surface area contributed by atoms with Gasteiger partial charge in [-0.15, -0.1) is 0 Å². The Morgan fingerprint density at radius 2 is 1.17 bits per heavy atom. The van der Waals surface area contributed by atoms with Crippen LogP contribution in [0.25, 0.3) is 94.4 Å². The third-order valence-electron chi connectivity index (χ3n) is 9.33. The third kappa shape index (κ3) is 4.28. The summed E-state index contributed by atoms with van der Waals surface area (Å²) in [6.07, 6.45) is 8.71. The van der Waals surface area contributed by atoms with E-state index in [1.807, 2.05) is 48.5 Å². The summed E-state index contributed by atoms with van der Waals surface area (Å²) >= 11 is 0. The highest BCUT2D eigenvalue weighted by Gasteiger charge is 2.21. The molecule has 1 aliphatic rings. The minimum atomic E-state index is 0.606. The molecule has 0 saturated carbocycles. The first kappa shape index (κ1) is 26.8. The maximum absolute atomic E-state index is 6.72. The number of para-hydroxylation sites is 1. The van der Waals surface area contributed by atoms with Crippen molar-refractivity contribution < 1.29 is 8.83 Å². The SMILES string of the molecule is C1=CC(c2cc(-c3nc(-c4ccccc4)nc(-c4cccc5ccccc45)n3)cc3c2oc2cc4c(cc23)oc2ccccc24)=CCC1. The molecule has 0 fully saturated rings. The first-order chi connectivity index (χ1) is 23.8. The third-order valence-corrected chi connectivity index (χ3v) is 9.33. The van der Waals surface area contributed by atoms with E-state index in [4.69, 9.17) is 23.8 Å². The van der Waals surface area contributed by atoms with Gasteiger partial charge in [0.15, 0.2) is 17.5 Å². The Labute approximate surface area is 275 Å². The van der Waals surface area contributed by atoms with Gasteiger partial charge < -0.3 is 8.83 Å². The molecule has 0 atom stereocenters. The van der Waals surface area contributed by atoms with Crippen molar-refractivity contribution in [2.45, 2.75) is 12.8 Å². The normalized spacial score (nSPS) is 13.3. The average Bonchev–Trinajstić information content (AvgIpc) is 3.71. The Hall–Kier alpha value is -6.33. The number of fused-ring (bicyclic) bond motifs is 7. The molecule has 0 saturated heterocycles. The van der Waals surface area contributed by atoms with Crippen molar-refractivity contribution in [1.29, 1.82) is 0 Å².